The van der Waals surface area contributed by atoms with Gasteiger partial charge in [0.2, 0.25) is 5.91 Å². The Hall–Kier alpha value is -2.40. The molecule has 3 heterocycles. The first-order chi connectivity index (χ1) is 13.1. The molecule has 1 spiro atoms. The molecule has 2 saturated heterocycles. The second-order valence-electron chi connectivity index (χ2n) is 8.05. The van der Waals surface area contributed by atoms with Crippen molar-refractivity contribution in [2.75, 3.05) is 26.2 Å². The molecule has 0 aliphatic carbocycles. The summed E-state index contributed by atoms with van der Waals surface area (Å²) in [6, 6.07) is 9.92. The Bertz CT molecular complexity index is 909. The monoisotopic (exact) mass is 365 g/mol. The van der Waals surface area contributed by atoms with Gasteiger partial charge in [0, 0.05) is 37.1 Å². The number of nitrogens with zero attached hydrogens (tertiary/aromatic N) is 2. The number of hydrogen-bond donors (Lipinski definition) is 1. The van der Waals surface area contributed by atoms with Gasteiger partial charge >= 0.3 is 0 Å². The van der Waals surface area contributed by atoms with Crippen LogP contribution in [0.3, 0.4) is 0 Å². The fourth-order valence-corrected chi connectivity index (χ4v) is 4.57. The van der Waals surface area contributed by atoms with Gasteiger partial charge in [-0.1, -0.05) is 24.3 Å². The van der Waals surface area contributed by atoms with Gasteiger partial charge in [-0.2, -0.15) is 0 Å². The Morgan fingerprint density at radius 3 is 2.70 bits per heavy atom. The zero-order valence-corrected chi connectivity index (χ0v) is 15.7. The van der Waals surface area contributed by atoms with Crippen molar-refractivity contribution >= 4 is 16.8 Å². The highest BCUT2D eigenvalue weighted by Gasteiger charge is 2.40. The minimum Gasteiger partial charge on any atom is -0.338 e. The number of pyridine rings is 1. The summed E-state index contributed by atoms with van der Waals surface area (Å²) in [7, 11) is 0. The van der Waals surface area contributed by atoms with Gasteiger partial charge in [0.1, 0.15) is 0 Å². The molecule has 2 aromatic rings. The number of nitrogens with one attached hydrogen (secondary N) is 1. The van der Waals surface area contributed by atoms with Gasteiger partial charge < -0.3 is 9.88 Å². The van der Waals surface area contributed by atoms with Gasteiger partial charge in [0.25, 0.3) is 5.56 Å². The van der Waals surface area contributed by atoms with Crippen LogP contribution >= 0.6 is 0 Å². The number of aromatic amines is 1. The number of H-pyrrole nitrogens is 1. The number of amides is 1. The van der Waals surface area contributed by atoms with Crippen LogP contribution in [0.2, 0.25) is 0 Å². The highest BCUT2D eigenvalue weighted by molar-refractivity contribution is 5.78. The van der Waals surface area contributed by atoms with Crippen LogP contribution in [-0.4, -0.2) is 46.9 Å². The third-order valence-electron chi connectivity index (χ3n) is 6.24. The zero-order chi connectivity index (χ0) is 18.9. The molecule has 5 nitrogen and oxygen atoms in total. The van der Waals surface area contributed by atoms with E-state index >= 15 is 0 Å². The number of carbonyl (C=O) groups is 1. The predicted molar refractivity (Wildman–Crippen MR) is 108 cm³/mol. The number of fused-ring (bicyclic) bond motifs is 1. The topological polar surface area (TPSA) is 56.4 Å². The van der Waals surface area contributed by atoms with Gasteiger partial charge in [0.05, 0.1) is 0 Å². The molecular formula is C22H27N3O2. The van der Waals surface area contributed by atoms with Crippen molar-refractivity contribution in [1.29, 1.82) is 0 Å². The van der Waals surface area contributed by atoms with Gasteiger partial charge in [-0.25, -0.2) is 0 Å². The molecule has 142 valence electrons. The van der Waals surface area contributed by atoms with Crippen LogP contribution in [0.15, 0.2) is 47.8 Å². The Morgan fingerprint density at radius 1 is 1.15 bits per heavy atom. The predicted octanol–water partition coefficient (Wildman–Crippen LogP) is 2.92. The van der Waals surface area contributed by atoms with E-state index in [-0.39, 0.29) is 16.9 Å². The molecule has 0 atom stereocenters. The lowest BCUT2D eigenvalue weighted by Crippen LogP contribution is -2.51. The lowest BCUT2D eigenvalue weighted by atomic mass is 9.72. The highest BCUT2D eigenvalue weighted by atomic mass is 16.2. The largest absolute Gasteiger partial charge is 0.338 e. The lowest BCUT2D eigenvalue weighted by Gasteiger charge is -2.47. The molecular weight excluding hydrogens is 338 g/mol. The second-order valence-corrected chi connectivity index (χ2v) is 8.05. The minimum atomic E-state index is 0.00871. The van der Waals surface area contributed by atoms with Crippen LogP contribution in [0.25, 0.3) is 10.9 Å². The third-order valence-corrected chi connectivity index (χ3v) is 6.24. The number of aromatic nitrogens is 1. The molecule has 5 heteroatoms. The molecule has 0 radical (unpaired) electrons. The van der Waals surface area contributed by atoms with E-state index in [0.29, 0.717) is 19.5 Å². The standard InChI is InChI=1S/C22H27N3O2/c1-2-11-25-16-22(8-7-20(25)26)9-12-24(13-10-22)15-18-14-17-5-3-4-6-19(17)23-21(18)27/h2-6,14H,1,7-13,15-16H2,(H,23,27). The normalized spacial score (nSPS) is 20.3. The highest BCUT2D eigenvalue weighted by Crippen LogP contribution is 2.40. The average Bonchev–Trinajstić information content (AvgIpc) is 2.68. The molecule has 27 heavy (non-hydrogen) atoms. The van der Waals surface area contributed by atoms with Crippen LogP contribution < -0.4 is 5.56 Å². The first kappa shape index (κ1) is 18.0. The Kier molecular flexibility index (Phi) is 4.87. The fraction of sp³-hybridized carbons (Fsp3) is 0.455. The number of para-hydroxylation sites is 1. The molecule has 2 aliphatic heterocycles. The summed E-state index contributed by atoms with van der Waals surface area (Å²) >= 11 is 0. The molecule has 1 N–H and O–H groups in total. The van der Waals surface area contributed by atoms with E-state index in [0.717, 1.165) is 55.4 Å². The van der Waals surface area contributed by atoms with Gasteiger partial charge in [-0.3, -0.25) is 14.5 Å². The number of rotatable bonds is 4. The molecule has 2 aliphatic rings. The summed E-state index contributed by atoms with van der Waals surface area (Å²) in [6.07, 6.45) is 5.62. The molecule has 4 rings (SSSR count). The number of benzene rings is 1. The van der Waals surface area contributed by atoms with Gasteiger partial charge in [0.15, 0.2) is 0 Å². The van der Waals surface area contributed by atoms with E-state index in [4.69, 9.17) is 0 Å². The Morgan fingerprint density at radius 2 is 1.93 bits per heavy atom. The SMILES string of the molecule is C=CCN1CC2(CCC1=O)CCN(Cc1cc3ccccc3[nH]c1=O)CC2. The molecule has 1 aromatic heterocycles. The van der Waals surface area contributed by atoms with Gasteiger partial charge in [-0.05, 0) is 55.3 Å². The number of piperidine rings is 2. The van der Waals surface area contributed by atoms with E-state index in [1.165, 1.54) is 0 Å². The Balaban J connectivity index is 1.43. The summed E-state index contributed by atoms with van der Waals surface area (Å²) in [5, 5.41) is 1.08. The number of carbonyl (C=O) groups excluding carboxylic acids is 1. The van der Waals surface area contributed by atoms with Gasteiger partial charge in [-0.15, -0.1) is 6.58 Å². The van der Waals surface area contributed by atoms with E-state index in [9.17, 15) is 9.59 Å². The minimum absolute atomic E-state index is 0.00871. The summed E-state index contributed by atoms with van der Waals surface area (Å²) in [6.45, 7) is 7.91. The van der Waals surface area contributed by atoms with Crippen LogP contribution in [0.4, 0.5) is 0 Å². The van der Waals surface area contributed by atoms with Crippen LogP contribution in [0.1, 0.15) is 31.2 Å². The maximum atomic E-state index is 12.4. The first-order valence-corrected chi connectivity index (χ1v) is 9.81. The van der Waals surface area contributed by atoms with Crippen LogP contribution in [0, 0.1) is 5.41 Å². The summed E-state index contributed by atoms with van der Waals surface area (Å²) in [5.74, 6) is 0.255. The van der Waals surface area contributed by atoms with E-state index in [1.807, 2.05) is 41.3 Å². The second kappa shape index (κ2) is 7.31. The maximum absolute atomic E-state index is 12.4. The van der Waals surface area contributed by atoms with E-state index in [1.54, 1.807) is 0 Å². The van der Waals surface area contributed by atoms with Crippen molar-refractivity contribution < 1.29 is 4.79 Å². The molecule has 0 saturated carbocycles. The van der Waals surface area contributed by atoms with Crippen LogP contribution in [-0.2, 0) is 11.3 Å². The summed E-state index contributed by atoms with van der Waals surface area (Å²) in [4.78, 5) is 31.8. The molecule has 2 fully saturated rings. The van der Waals surface area contributed by atoms with Crippen molar-refractivity contribution in [2.24, 2.45) is 5.41 Å². The maximum Gasteiger partial charge on any atom is 0.252 e. The quantitative estimate of drug-likeness (QED) is 0.848. The van der Waals surface area contributed by atoms with Crippen molar-refractivity contribution in [3.63, 3.8) is 0 Å². The average molecular weight is 365 g/mol. The smallest absolute Gasteiger partial charge is 0.252 e. The summed E-state index contributed by atoms with van der Waals surface area (Å²) in [5.41, 5.74) is 1.97. The van der Waals surface area contributed by atoms with E-state index < -0.39 is 0 Å². The molecule has 0 bridgehead atoms. The zero-order valence-electron chi connectivity index (χ0n) is 15.7. The molecule has 1 aromatic carbocycles. The van der Waals surface area contributed by atoms with Crippen molar-refractivity contribution in [1.82, 2.24) is 14.8 Å². The molecule has 1 amide bonds. The third kappa shape index (κ3) is 3.69. The Labute approximate surface area is 159 Å². The first-order valence-electron chi connectivity index (χ1n) is 9.81. The summed E-state index contributed by atoms with van der Waals surface area (Å²) < 4.78 is 0. The van der Waals surface area contributed by atoms with Crippen LogP contribution in [0.5, 0.6) is 0 Å². The van der Waals surface area contributed by atoms with Crippen molar-refractivity contribution in [2.45, 2.75) is 32.2 Å². The molecule has 0 unspecified atom stereocenters. The van der Waals surface area contributed by atoms with Crippen molar-refractivity contribution in [3.05, 3.63) is 58.9 Å². The number of hydrogen-bond acceptors (Lipinski definition) is 3. The fourth-order valence-electron chi connectivity index (χ4n) is 4.57. The van der Waals surface area contributed by atoms with Crippen molar-refractivity contribution in [3.8, 4) is 0 Å². The number of likely N-dealkylation sites (tertiary alicyclic amines) is 2. The lowest BCUT2D eigenvalue weighted by molar-refractivity contribution is -0.138. The van der Waals surface area contributed by atoms with E-state index in [2.05, 4.69) is 16.5 Å².